The van der Waals surface area contributed by atoms with Crippen LogP contribution >= 0.6 is 11.6 Å². The van der Waals surface area contributed by atoms with Gasteiger partial charge in [-0.25, -0.2) is 4.98 Å². The Morgan fingerprint density at radius 3 is 2.82 bits per heavy atom. The van der Waals surface area contributed by atoms with E-state index in [0.717, 1.165) is 66.6 Å². The lowest BCUT2D eigenvalue weighted by Gasteiger charge is -2.16. The molecule has 2 aliphatic rings. The number of nitrogens with zero attached hydrogens (tertiary/aromatic N) is 3. The summed E-state index contributed by atoms with van der Waals surface area (Å²) in [5, 5.41) is 15.0. The minimum Gasteiger partial charge on any atom is -0.392 e. The van der Waals surface area contributed by atoms with Crippen LogP contribution in [0.1, 0.15) is 29.5 Å². The third-order valence-electron chi connectivity index (χ3n) is 7.00. The summed E-state index contributed by atoms with van der Waals surface area (Å²) >= 11 is 6.94. The molecule has 5 nitrogen and oxygen atoms in total. The van der Waals surface area contributed by atoms with Crippen molar-refractivity contribution in [2.24, 2.45) is 0 Å². The van der Waals surface area contributed by atoms with Crippen LogP contribution in [0.15, 0.2) is 60.9 Å². The number of β-amino-alcohol motifs (C(OH)–C–C–N with tert-alkyl or cyclic N) is 1. The molecule has 0 bridgehead atoms. The largest absolute Gasteiger partial charge is 0.392 e. The van der Waals surface area contributed by atoms with Gasteiger partial charge in [0.1, 0.15) is 5.52 Å². The highest BCUT2D eigenvalue weighted by molar-refractivity contribution is 6.36. The van der Waals surface area contributed by atoms with Crippen molar-refractivity contribution >= 4 is 34.0 Å². The number of rotatable bonds is 5. The summed E-state index contributed by atoms with van der Waals surface area (Å²) < 4.78 is 0. The summed E-state index contributed by atoms with van der Waals surface area (Å²) in [5.74, 6) is 0.693. The van der Waals surface area contributed by atoms with Gasteiger partial charge in [-0.3, -0.25) is 9.88 Å². The second kappa shape index (κ2) is 8.99. The van der Waals surface area contributed by atoms with Gasteiger partial charge in [-0.2, -0.15) is 0 Å². The van der Waals surface area contributed by atoms with Crippen LogP contribution in [0.4, 0.5) is 11.5 Å². The van der Waals surface area contributed by atoms with Crippen molar-refractivity contribution in [3.63, 3.8) is 0 Å². The Morgan fingerprint density at radius 1 is 1.06 bits per heavy atom. The van der Waals surface area contributed by atoms with E-state index in [0.29, 0.717) is 10.8 Å². The fourth-order valence-electron chi connectivity index (χ4n) is 5.33. The number of benzene rings is 2. The number of pyridine rings is 2. The van der Waals surface area contributed by atoms with Crippen LogP contribution in [0, 0.1) is 0 Å². The molecule has 6 rings (SSSR count). The second-order valence-electron chi connectivity index (χ2n) is 9.34. The van der Waals surface area contributed by atoms with Gasteiger partial charge in [-0.05, 0) is 66.1 Å². The number of hydrogen-bond donors (Lipinski definition) is 2. The van der Waals surface area contributed by atoms with Gasteiger partial charge in [0.05, 0.1) is 16.8 Å². The lowest BCUT2D eigenvalue weighted by Crippen LogP contribution is -2.21. The number of aromatic nitrogens is 2. The Labute approximate surface area is 204 Å². The first kappa shape index (κ1) is 21.5. The number of aliphatic hydroxyl groups excluding tert-OH is 1. The normalized spacial score (nSPS) is 17.9. The Balaban J connectivity index is 1.31. The first-order valence-corrected chi connectivity index (χ1v) is 12.3. The molecule has 0 spiro atoms. The highest BCUT2D eigenvalue weighted by Crippen LogP contribution is 2.40. The molecule has 2 aromatic heterocycles. The lowest BCUT2D eigenvalue weighted by atomic mass is 9.96. The van der Waals surface area contributed by atoms with Gasteiger partial charge in [0.2, 0.25) is 0 Å². The van der Waals surface area contributed by atoms with Crippen molar-refractivity contribution in [1.29, 1.82) is 0 Å². The molecule has 3 heterocycles. The monoisotopic (exact) mass is 470 g/mol. The zero-order valence-corrected chi connectivity index (χ0v) is 19.7. The standard InChI is InChI=1S/C28H27ClN4O/c29-26-24(23-7-2-5-19-4-1-6-22(19)23)8-3-9-25(26)32-28-27-20(10-12-30-28)14-18(15-31-27)16-33-13-11-21(34)17-33/h2-3,5,7-10,12,14-15,21,34H,1,4,6,11,13,16-17H2,(H,30,32). The SMILES string of the molecule is OC1CCN(Cc2cnc3c(Nc4cccc(-c5cccc6c5CCC6)c4Cl)nccc3c2)C1. The van der Waals surface area contributed by atoms with Crippen LogP contribution in [0.5, 0.6) is 0 Å². The summed E-state index contributed by atoms with van der Waals surface area (Å²) in [5.41, 5.74) is 7.91. The molecule has 2 aromatic carbocycles. The minimum atomic E-state index is -0.217. The smallest absolute Gasteiger partial charge is 0.156 e. The summed E-state index contributed by atoms with van der Waals surface area (Å²) in [4.78, 5) is 11.6. The molecule has 1 aliphatic heterocycles. The van der Waals surface area contributed by atoms with Gasteiger partial charge >= 0.3 is 0 Å². The number of aryl methyl sites for hydroxylation is 1. The Morgan fingerprint density at radius 2 is 1.94 bits per heavy atom. The van der Waals surface area contributed by atoms with Crippen LogP contribution in [-0.2, 0) is 19.4 Å². The Hall–Kier alpha value is -2.99. The molecule has 0 amide bonds. The van der Waals surface area contributed by atoms with Crippen molar-refractivity contribution in [3.8, 4) is 11.1 Å². The van der Waals surface area contributed by atoms with E-state index in [1.54, 1.807) is 6.20 Å². The summed E-state index contributed by atoms with van der Waals surface area (Å²) in [6, 6.07) is 16.8. The molecule has 0 saturated carbocycles. The zero-order chi connectivity index (χ0) is 23.1. The molecule has 6 heteroatoms. The molecule has 34 heavy (non-hydrogen) atoms. The number of halogens is 1. The molecule has 1 fully saturated rings. The summed E-state index contributed by atoms with van der Waals surface area (Å²) in [6.45, 7) is 2.43. The predicted octanol–water partition coefficient (Wildman–Crippen LogP) is 5.75. The second-order valence-corrected chi connectivity index (χ2v) is 9.72. The maximum Gasteiger partial charge on any atom is 0.156 e. The maximum absolute atomic E-state index is 9.80. The number of nitrogens with one attached hydrogen (secondary N) is 1. The molecule has 4 aromatic rings. The van der Waals surface area contributed by atoms with Gasteiger partial charge in [-0.15, -0.1) is 0 Å². The summed E-state index contributed by atoms with van der Waals surface area (Å²) in [6.07, 6.45) is 7.78. The van der Waals surface area contributed by atoms with E-state index in [1.165, 1.54) is 23.1 Å². The highest BCUT2D eigenvalue weighted by atomic mass is 35.5. The fraction of sp³-hybridized carbons (Fsp3) is 0.286. The third kappa shape index (κ3) is 4.05. The quantitative estimate of drug-likeness (QED) is 0.389. The number of likely N-dealkylation sites (tertiary alicyclic amines) is 1. The van der Waals surface area contributed by atoms with Crippen molar-refractivity contribution in [2.75, 3.05) is 18.4 Å². The van der Waals surface area contributed by atoms with E-state index in [2.05, 4.69) is 45.5 Å². The van der Waals surface area contributed by atoms with Crippen LogP contribution in [0.3, 0.4) is 0 Å². The van der Waals surface area contributed by atoms with Crippen LogP contribution < -0.4 is 5.32 Å². The fourth-order valence-corrected chi connectivity index (χ4v) is 5.61. The number of hydrogen-bond acceptors (Lipinski definition) is 5. The first-order chi connectivity index (χ1) is 16.7. The summed E-state index contributed by atoms with van der Waals surface area (Å²) in [7, 11) is 0. The van der Waals surface area contributed by atoms with Crippen LogP contribution in [-0.4, -0.2) is 39.2 Å². The number of anilines is 2. The predicted molar refractivity (Wildman–Crippen MR) is 138 cm³/mol. The minimum absolute atomic E-state index is 0.217. The van der Waals surface area contributed by atoms with Crippen molar-refractivity contribution in [1.82, 2.24) is 14.9 Å². The zero-order valence-electron chi connectivity index (χ0n) is 19.0. The van der Waals surface area contributed by atoms with Gasteiger partial charge < -0.3 is 10.4 Å². The molecule has 2 N–H and O–H groups in total. The molecule has 1 atom stereocenters. The molecule has 172 valence electrons. The van der Waals surface area contributed by atoms with E-state index < -0.39 is 0 Å². The third-order valence-corrected chi connectivity index (χ3v) is 7.40. The molecule has 1 saturated heterocycles. The van der Waals surface area contributed by atoms with Crippen LogP contribution in [0.25, 0.3) is 22.0 Å². The molecular formula is C28H27ClN4O. The van der Waals surface area contributed by atoms with E-state index in [1.807, 2.05) is 24.4 Å². The maximum atomic E-state index is 9.80. The van der Waals surface area contributed by atoms with Crippen molar-refractivity contribution in [2.45, 2.75) is 38.3 Å². The molecule has 0 radical (unpaired) electrons. The molecule has 1 unspecified atom stereocenters. The Kier molecular flexibility index (Phi) is 5.69. The average Bonchev–Trinajstić information content (AvgIpc) is 3.49. The van der Waals surface area contributed by atoms with Gasteiger partial charge in [-0.1, -0.05) is 41.9 Å². The van der Waals surface area contributed by atoms with E-state index in [-0.39, 0.29) is 6.10 Å². The van der Waals surface area contributed by atoms with E-state index >= 15 is 0 Å². The van der Waals surface area contributed by atoms with Gasteiger partial charge in [0.25, 0.3) is 0 Å². The highest BCUT2D eigenvalue weighted by Gasteiger charge is 2.21. The van der Waals surface area contributed by atoms with Gasteiger partial charge in [0, 0.05) is 43.0 Å². The average molecular weight is 471 g/mol. The van der Waals surface area contributed by atoms with Crippen molar-refractivity contribution < 1.29 is 5.11 Å². The Bertz CT molecular complexity index is 1370. The number of aliphatic hydroxyl groups is 1. The topological polar surface area (TPSA) is 61.3 Å². The van der Waals surface area contributed by atoms with Crippen molar-refractivity contribution in [3.05, 3.63) is 82.6 Å². The molecular weight excluding hydrogens is 444 g/mol. The van der Waals surface area contributed by atoms with Crippen LogP contribution in [0.2, 0.25) is 5.02 Å². The van der Waals surface area contributed by atoms with E-state index in [9.17, 15) is 5.11 Å². The van der Waals surface area contributed by atoms with E-state index in [4.69, 9.17) is 16.6 Å². The van der Waals surface area contributed by atoms with Gasteiger partial charge in [0.15, 0.2) is 5.82 Å². The lowest BCUT2D eigenvalue weighted by molar-refractivity contribution is 0.175. The molecule has 1 aliphatic carbocycles. The first-order valence-electron chi connectivity index (χ1n) is 12.0. The number of fused-ring (bicyclic) bond motifs is 2.